The fourth-order valence-corrected chi connectivity index (χ4v) is 6.13. The number of piperidine rings is 1. The lowest BCUT2D eigenvalue weighted by Gasteiger charge is -2.39. The van der Waals surface area contributed by atoms with Gasteiger partial charge < -0.3 is 19.5 Å². The summed E-state index contributed by atoms with van der Waals surface area (Å²) in [7, 11) is 3.24. The van der Waals surface area contributed by atoms with Crippen LogP contribution in [0.25, 0.3) is 0 Å². The molecule has 0 amide bonds. The molecule has 3 rings (SSSR count). The van der Waals surface area contributed by atoms with Crippen molar-refractivity contribution in [3.8, 4) is 17.6 Å². The first-order chi connectivity index (χ1) is 19.5. The number of unbranched alkanes of at least 4 members (excludes halogenated alkanes) is 5. The van der Waals surface area contributed by atoms with Gasteiger partial charge in [-0.2, -0.15) is 5.26 Å². The lowest BCUT2D eigenvalue weighted by Crippen LogP contribution is -2.42. The Kier molecular flexibility index (Phi) is 13.8. The summed E-state index contributed by atoms with van der Waals surface area (Å²) < 4.78 is 24.1. The maximum absolute atomic E-state index is 13.3. The highest BCUT2D eigenvalue weighted by Crippen LogP contribution is 2.34. The third kappa shape index (κ3) is 9.49. The summed E-state index contributed by atoms with van der Waals surface area (Å²) in [5.74, 6) is 1.17. The van der Waals surface area contributed by atoms with Crippen molar-refractivity contribution in [1.82, 2.24) is 4.90 Å². The lowest BCUT2D eigenvalue weighted by molar-refractivity contribution is 0.0407. The quantitative estimate of drug-likeness (QED) is 0.200. The van der Waals surface area contributed by atoms with E-state index in [4.69, 9.17) is 9.47 Å². The van der Waals surface area contributed by atoms with E-state index in [1.54, 1.807) is 26.4 Å². The molecule has 0 spiro atoms. The second kappa shape index (κ2) is 17.3. The molecule has 0 bridgehead atoms. The van der Waals surface area contributed by atoms with Gasteiger partial charge in [0.15, 0.2) is 11.5 Å². The maximum Gasteiger partial charge on any atom is 0.161 e. The van der Waals surface area contributed by atoms with Gasteiger partial charge in [-0.3, -0.25) is 0 Å². The van der Waals surface area contributed by atoms with Crippen LogP contribution in [-0.4, -0.2) is 43.4 Å². The normalized spacial score (nSPS) is 16.7. The van der Waals surface area contributed by atoms with Crippen molar-refractivity contribution < 1.29 is 19.0 Å². The number of benzene rings is 2. The Labute approximate surface area is 241 Å². The number of ether oxygens (including phenoxy) is 2. The van der Waals surface area contributed by atoms with Gasteiger partial charge in [0.2, 0.25) is 0 Å². The molecule has 3 atom stereocenters. The molecule has 0 radical (unpaired) electrons. The minimum Gasteiger partial charge on any atom is -0.493 e. The molecular formula is C34H49FN2O3. The summed E-state index contributed by atoms with van der Waals surface area (Å²) in [5.41, 5.74) is 1.80. The van der Waals surface area contributed by atoms with Crippen LogP contribution in [0.2, 0.25) is 0 Å². The van der Waals surface area contributed by atoms with Crippen LogP contribution < -0.4 is 9.47 Å². The summed E-state index contributed by atoms with van der Waals surface area (Å²) >= 11 is 0. The standard InChI is InChI=1S/C34H49FN2O3/c1-4-5-6-9-12-31(37-22-20-27(21-23-37)34(38)26-14-17-30(35)18-15-26)13-10-7-8-11-29(25-36)28-16-19-32(39-2)33(24-28)40-3/h14-19,24,27,29,31,34,38H,4-13,20-23H2,1-3H3. The van der Waals surface area contributed by atoms with Crippen molar-refractivity contribution in [1.29, 1.82) is 5.26 Å². The molecule has 0 aromatic heterocycles. The molecule has 1 aliphatic heterocycles. The molecule has 3 unspecified atom stereocenters. The Morgan fingerprint density at radius 2 is 1.48 bits per heavy atom. The molecule has 2 aromatic rings. The van der Waals surface area contributed by atoms with E-state index >= 15 is 0 Å². The highest BCUT2D eigenvalue weighted by Gasteiger charge is 2.29. The maximum atomic E-state index is 13.3. The van der Waals surface area contributed by atoms with Crippen molar-refractivity contribution in [3.05, 3.63) is 59.4 Å². The van der Waals surface area contributed by atoms with E-state index in [0.717, 1.165) is 56.3 Å². The predicted molar refractivity (Wildman–Crippen MR) is 159 cm³/mol. The van der Waals surface area contributed by atoms with E-state index in [9.17, 15) is 14.8 Å². The van der Waals surface area contributed by atoms with Crippen LogP contribution >= 0.6 is 0 Å². The zero-order valence-electron chi connectivity index (χ0n) is 24.8. The van der Waals surface area contributed by atoms with Crippen LogP contribution in [0.5, 0.6) is 11.5 Å². The summed E-state index contributed by atoms with van der Waals surface area (Å²) in [5, 5.41) is 20.7. The third-order valence-electron chi connectivity index (χ3n) is 8.64. The molecule has 2 aromatic carbocycles. The van der Waals surface area contributed by atoms with Crippen LogP contribution in [0.4, 0.5) is 4.39 Å². The number of aliphatic hydroxyl groups excluding tert-OH is 1. The van der Waals surface area contributed by atoms with E-state index < -0.39 is 6.10 Å². The van der Waals surface area contributed by atoms with Gasteiger partial charge in [0, 0.05) is 6.04 Å². The number of rotatable bonds is 17. The molecule has 0 aliphatic carbocycles. The number of likely N-dealkylation sites (tertiary alicyclic amines) is 1. The van der Waals surface area contributed by atoms with E-state index in [2.05, 4.69) is 17.9 Å². The highest BCUT2D eigenvalue weighted by molar-refractivity contribution is 5.44. The van der Waals surface area contributed by atoms with E-state index in [-0.39, 0.29) is 17.7 Å². The molecule has 220 valence electrons. The molecule has 1 fully saturated rings. The lowest BCUT2D eigenvalue weighted by atomic mass is 9.86. The smallest absolute Gasteiger partial charge is 0.161 e. The van der Waals surface area contributed by atoms with Crippen LogP contribution in [0, 0.1) is 23.1 Å². The zero-order valence-corrected chi connectivity index (χ0v) is 24.8. The van der Waals surface area contributed by atoms with Crippen LogP contribution in [0.15, 0.2) is 42.5 Å². The van der Waals surface area contributed by atoms with E-state index in [1.807, 2.05) is 18.2 Å². The predicted octanol–water partition coefficient (Wildman–Crippen LogP) is 8.19. The van der Waals surface area contributed by atoms with Gasteiger partial charge in [-0.15, -0.1) is 0 Å². The summed E-state index contributed by atoms with van der Waals surface area (Å²) in [4.78, 5) is 2.65. The van der Waals surface area contributed by atoms with Gasteiger partial charge in [-0.1, -0.05) is 70.1 Å². The molecule has 6 heteroatoms. The number of methoxy groups -OCH3 is 2. The number of hydrogen-bond acceptors (Lipinski definition) is 5. The molecule has 0 saturated carbocycles. The van der Waals surface area contributed by atoms with E-state index in [1.165, 1.54) is 57.1 Å². The summed E-state index contributed by atoms with van der Waals surface area (Å²) in [6.45, 7) is 4.28. The third-order valence-corrected chi connectivity index (χ3v) is 8.64. The monoisotopic (exact) mass is 552 g/mol. The number of aliphatic hydroxyl groups is 1. The molecule has 1 N–H and O–H groups in total. The van der Waals surface area contributed by atoms with Crippen molar-refractivity contribution in [2.75, 3.05) is 27.3 Å². The molecule has 5 nitrogen and oxygen atoms in total. The first kappa shape index (κ1) is 31.9. The Morgan fingerprint density at radius 1 is 0.875 bits per heavy atom. The van der Waals surface area contributed by atoms with Gasteiger partial charge in [-0.25, -0.2) is 4.39 Å². The van der Waals surface area contributed by atoms with Gasteiger partial charge in [-0.05, 0) is 86.5 Å². The summed E-state index contributed by atoms with van der Waals surface area (Å²) in [6.07, 6.45) is 13.1. The fourth-order valence-electron chi connectivity index (χ4n) is 6.13. The molecule has 1 saturated heterocycles. The number of hydrogen-bond donors (Lipinski definition) is 1. The SMILES string of the molecule is CCCCCCC(CCCCCC(C#N)c1ccc(OC)c(OC)c1)N1CCC(C(O)c2ccc(F)cc2)CC1. The van der Waals surface area contributed by atoms with Crippen molar-refractivity contribution >= 4 is 0 Å². The number of halogens is 1. The topological polar surface area (TPSA) is 65.7 Å². The molecule has 40 heavy (non-hydrogen) atoms. The first-order valence-corrected chi connectivity index (χ1v) is 15.3. The Hall–Kier alpha value is -2.62. The minimum atomic E-state index is -0.524. The van der Waals surface area contributed by atoms with Crippen LogP contribution in [0.3, 0.4) is 0 Å². The Morgan fingerprint density at radius 3 is 2.08 bits per heavy atom. The first-order valence-electron chi connectivity index (χ1n) is 15.3. The van der Waals surface area contributed by atoms with Gasteiger partial charge >= 0.3 is 0 Å². The molecular weight excluding hydrogens is 503 g/mol. The number of nitrogens with zero attached hydrogens (tertiary/aromatic N) is 2. The molecule has 1 heterocycles. The van der Waals surface area contributed by atoms with E-state index in [0.29, 0.717) is 17.5 Å². The molecule has 1 aliphatic rings. The van der Waals surface area contributed by atoms with Gasteiger partial charge in [0.25, 0.3) is 0 Å². The van der Waals surface area contributed by atoms with Crippen LogP contribution in [-0.2, 0) is 0 Å². The Balaban J connectivity index is 1.48. The van der Waals surface area contributed by atoms with Crippen LogP contribution in [0.1, 0.15) is 107 Å². The second-order valence-electron chi connectivity index (χ2n) is 11.3. The van der Waals surface area contributed by atoms with Crippen molar-refractivity contribution in [3.63, 3.8) is 0 Å². The average Bonchev–Trinajstić information content (AvgIpc) is 2.99. The van der Waals surface area contributed by atoms with Gasteiger partial charge in [0.05, 0.1) is 32.3 Å². The second-order valence-corrected chi connectivity index (χ2v) is 11.3. The summed E-state index contributed by atoms with van der Waals surface area (Å²) in [6, 6.07) is 15.1. The Bertz CT molecular complexity index is 1030. The fraction of sp³-hybridized carbons (Fsp3) is 0.618. The van der Waals surface area contributed by atoms with Gasteiger partial charge in [0.1, 0.15) is 5.82 Å². The average molecular weight is 553 g/mol. The van der Waals surface area contributed by atoms with Crippen molar-refractivity contribution in [2.45, 2.75) is 102 Å². The minimum absolute atomic E-state index is 0.142. The zero-order chi connectivity index (χ0) is 28.7. The number of nitriles is 1. The van der Waals surface area contributed by atoms with Crippen molar-refractivity contribution in [2.24, 2.45) is 5.92 Å². The highest BCUT2D eigenvalue weighted by atomic mass is 19.1. The largest absolute Gasteiger partial charge is 0.493 e.